The van der Waals surface area contributed by atoms with Crippen molar-refractivity contribution in [3.05, 3.63) is 35.9 Å². The number of hydrogen-bond acceptors (Lipinski definition) is 2. The van der Waals surface area contributed by atoms with Crippen LogP contribution in [0.25, 0.3) is 0 Å². The van der Waals surface area contributed by atoms with Gasteiger partial charge in [-0.05, 0) is 18.9 Å². The molecule has 0 radical (unpaired) electrons. The SMILES string of the molecule is CC(CCC=O)OCc1ccccc1. The van der Waals surface area contributed by atoms with Crippen LogP contribution < -0.4 is 0 Å². The zero-order valence-corrected chi connectivity index (χ0v) is 8.48. The fourth-order valence-electron chi connectivity index (χ4n) is 1.20. The van der Waals surface area contributed by atoms with E-state index in [1.54, 1.807) is 0 Å². The molecule has 0 heterocycles. The van der Waals surface area contributed by atoms with Gasteiger partial charge in [0.2, 0.25) is 0 Å². The molecular formula is C12H16O2. The first-order valence-corrected chi connectivity index (χ1v) is 4.92. The van der Waals surface area contributed by atoms with Crippen molar-refractivity contribution in [2.45, 2.75) is 32.5 Å². The van der Waals surface area contributed by atoms with Gasteiger partial charge in [-0.2, -0.15) is 0 Å². The van der Waals surface area contributed by atoms with Gasteiger partial charge in [-0.3, -0.25) is 0 Å². The molecule has 1 atom stereocenters. The standard InChI is InChI=1S/C12H16O2/c1-11(6-5-9-13)14-10-12-7-3-2-4-8-12/h2-4,7-9,11H,5-6,10H2,1H3. The highest BCUT2D eigenvalue weighted by molar-refractivity contribution is 5.49. The maximum Gasteiger partial charge on any atom is 0.120 e. The molecule has 2 heteroatoms. The van der Waals surface area contributed by atoms with Crippen molar-refractivity contribution in [3.8, 4) is 0 Å². The molecule has 0 aromatic heterocycles. The highest BCUT2D eigenvalue weighted by atomic mass is 16.5. The average Bonchev–Trinajstić information content (AvgIpc) is 2.25. The molecule has 0 fully saturated rings. The molecule has 0 N–H and O–H groups in total. The van der Waals surface area contributed by atoms with Crippen molar-refractivity contribution in [3.63, 3.8) is 0 Å². The summed E-state index contributed by atoms with van der Waals surface area (Å²) in [6.07, 6.45) is 2.47. The Labute approximate surface area is 84.9 Å². The summed E-state index contributed by atoms with van der Waals surface area (Å²) in [4.78, 5) is 10.1. The Hall–Kier alpha value is -1.15. The molecule has 0 aliphatic heterocycles. The minimum Gasteiger partial charge on any atom is -0.374 e. The van der Waals surface area contributed by atoms with E-state index in [-0.39, 0.29) is 6.10 Å². The lowest BCUT2D eigenvalue weighted by Gasteiger charge is -2.11. The van der Waals surface area contributed by atoms with Crippen LogP contribution in [-0.4, -0.2) is 12.4 Å². The molecule has 2 nitrogen and oxygen atoms in total. The highest BCUT2D eigenvalue weighted by Crippen LogP contribution is 2.06. The number of benzene rings is 1. The molecule has 0 amide bonds. The molecule has 1 aromatic rings. The van der Waals surface area contributed by atoms with Gasteiger partial charge < -0.3 is 9.53 Å². The second kappa shape index (κ2) is 6.33. The maximum atomic E-state index is 10.1. The lowest BCUT2D eigenvalue weighted by atomic mass is 10.2. The summed E-state index contributed by atoms with van der Waals surface area (Å²) < 4.78 is 5.57. The van der Waals surface area contributed by atoms with Crippen LogP contribution in [0, 0.1) is 0 Å². The zero-order valence-electron chi connectivity index (χ0n) is 8.48. The molecule has 0 saturated heterocycles. The van der Waals surface area contributed by atoms with Gasteiger partial charge in [0.05, 0.1) is 12.7 Å². The minimum absolute atomic E-state index is 0.153. The van der Waals surface area contributed by atoms with Gasteiger partial charge in [0, 0.05) is 6.42 Å². The summed E-state index contributed by atoms with van der Waals surface area (Å²) in [7, 11) is 0. The number of hydrogen-bond donors (Lipinski definition) is 0. The number of carbonyl (C=O) groups excluding carboxylic acids is 1. The Morgan fingerprint density at radius 1 is 1.36 bits per heavy atom. The summed E-state index contributed by atoms with van der Waals surface area (Å²) in [6.45, 7) is 2.62. The second-order valence-electron chi connectivity index (χ2n) is 3.35. The largest absolute Gasteiger partial charge is 0.374 e. The fraction of sp³-hybridized carbons (Fsp3) is 0.417. The van der Waals surface area contributed by atoms with E-state index in [1.165, 1.54) is 5.56 Å². The van der Waals surface area contributed by atoms with Gasteiger partial charge in [-0.1, -0.05) is 30.3 Å². The van der Waals surface area contributed by atoms with E-state index in [9.17, 15) is 4.79 Å². The molecule has 0 aliphatic carbocycles. The van der Waals surface area contributed by atoms with Crippen molar-refractivity contribution in [1.29, 1.82) is 0 Å². The number of ether oxygens (including phenoxy) is 1. The van der Waals surface area contributed by atoms with Gasteiger partial charge >= 0.3 is 0 Å². The van der Waals surface area contributed by atoms with Crippen LogP contribution in [0.5, 0.6) is 0 Å². The molecule has 1 rings (SSSR count). The third-order valence-electron chi connectivity index (χ3n) is 2.07. The molecule has 0 saturated carbocycles. The van der Waals surface area contributed by atoms with Crippen LogP contribution in [0.15, 0.2) is 30.3 Å². The van der Waals surface area contributed by atoms with Crippen molar-refractivity contribution >= 4 is 6.29 Å². The van der Waals surface area contributed by atoms with Gasteiger partial charge in [0.25, 0.3) is 0 Å². The van der Waals surface area contributed by atoms with Crippen LogP contribution in [0.1, 0.15) is 25.3 Å². The van der Waals surface area contributed by atoms with Crippen molar-refractivity contribution in [2.24, 2.45) is 0 Å². The van der Waals surface area contributed by atoms with Gasteiger partial charge in [-0.15, -0.1) is 0 Å². The summed E-state index contributed by atoms with van der Waals surface area (Å²) in [6, 6.07) is 10.0. The number of carbonyl (C=O) groups is 1. The van der Waals surface area contributed by atoms with E-state index >= 15 is 0 Å². The molecule has 14 heavy (non-hydrogen) atoms. The summed E-state index contributed by atoms with van der Waals surface area (Å²) >= 11 is 0. The molecule has 0 spiro atoms. The Balaban J connectivity index is 2.23. The first kappa shape index (κ1) is 10.9. The normalized spacial score (nSPS) is 12.4. The monoisotopic (exact) mass is 192 g/mol. The van der Waals surface area contributed by atoms with Crippen LogP contribution >= 0.6 is 0 Å². The molecular weight excluding hydrogens is 176 g/mol. The lowest BCUT2D eigenvalue weighted by molar-refractivity contribution is -0.108. The molecule has 0 bridgehead atoms. The lowest BCUT2D eigenvalue weighted by Crippen LogP contribution is -2.08. The first-order valence-electron chi connectivity index (χ1n) is 4.92. The topological polar surface area (TPSA) is 26.3 Å². The molecule has 1 aromatic carbocycles. The summed E-state index contributed by atoms with van der Waals surface area (Å²) in [5, 5.41) is 0. The third-order valence-corrected chi connectivity index (χ3v) is 2.07. The predicted octanol–water partition coefficient (Wildman–Crippen LogP) is 2.57. The van der Waals surface area contributed by atoms with E-state index in [4.69, 9.17) is 4.74 Å². The van der Waals surface area contributed by atoms with E-state index in [0.717, 1.165) is 12.7 Å². The van der Waals surface area contributed by atoms with Crippen LogP contribution in [0.3, 0.4) is 0 Å². The number of rotatable bonds is 6. The Morgan fingerprint density at radius 2 is 2.07 bits per heavy atom. The van der Waals surface area contributed by atoms with E-state index in [1.807, 2.05) is 37.3 Å². The fourth-order valence-corrected chi connectivity index (χ4v) is 1.20. The predicted molar refractivity (Wildman–Crippen MR) is 56.0 cm³/mol. The van der Waals surface area contributed by atoms with Gasteiger partial charge in [0.15, 0.2) is 0 Å². The quantitative estimate of drug-likeness (QED) is 0.647. The Bertz CT molecular complexity index is 256. The smallest absolute Gasteiger partial charge is 0.120 e. The second-order valence-corrected chi connectivity index (χ2v) is 3.35. The summed E-state index contributed by atoms with van der Waals surface area (Å²) in [5.41, 5.74) is 1.17. The van der Waals surface area contributed by atoms with Crippen molar-refractivity contribution < 1.29 is 9.53 Å². The van der Waals surface area contributed by atoms with E-state index in [0.29, 0.717) is 13.0 Å². The zero-order chi connectivity index (χ0) is 10.2. The van der Waals surface area contributed by atoms with Crippen molar-refractivity contribution in [2.75, 3.05) is 0 Å². The molecule has 1 unspecified atom stereocenters. The van der Waals surface area contributed by atoms with Crippen LogP contribution in [0.4, 0.5) is 0 Å². The van der Waals surface area contributed by atoms with E-state index < -0.39 is 0 Å². The van der Waals surface area contributed by atoms with Crippen LogP contribution in [0.2, 0.25) is 0 Å². The third kappa shape index (κ3) is 4.19. The Morgan fingerprint density at radius 3 is 2.71 bits per heavy atom. The highest BCUT2D eigenvalue weighted by Gasteiger charge is 2.01. The Kier molecular flexibility index (Phi) is 4.94. The molecule has 76 valence electrons. The average molecular weight is 192 g/mol. The van der Waals surface area contributed by atoms with Crippen molar-refractivity contribution in [1.82, 2.24) is 0 Å². The first-order chi connectivity index (χ1) is 6.83. The minimum atomic E-state index is 0.153. The van der Waals surface area contributed by atoms with Gasteiger partial charge in [0.1, 0.15) is 6.29 Å². The molecule has 0 aliphatic rings. The van der Waals surface area contributed by atoms with Crippen LogP contribution in [-0.2, 0) is 16.1 Å². The van der Waals surface area contributed by atoms with E-state index in [2.05, 4.69) is 0 Å². The summed E-state index contributed by atoms with van der Waals surface area (Å²) in [5.74, 6) is 0. The van der Waals surface area contributed by atoms with Gasteiger partial charge in [-0.25, -0.2) is 0 Å². The number of aldehydes is 1. The maximum absolute atomic E-state index is 10.1.